The van der Waals surface area contributed by atoms with Crippen molar-refractivity contribution >= 4 is 6.09 Å². The number of terminal acetylenes is 1. The summed E-state index contributed by atoms with van der Waals surface area (Å²) in [5.41, 5.74) is 0. The number of carboxylic acid groups (broad SMARTS) is 1. The fraction of sp³-hybridized carbons (Fsp3) is 0.750. The summed E-state index contributed by atoms with van der Waals surface area (Å²) in [4.78, 5) is 11.2. The second kappa shape index (κ2) is 7.30. The van der Waals surface area contributed by atoms with Crippen LogP contribution in [0, 0.1) is 12.3 Å². The zero-order valence-corrected chi connectivity index (χ0v) is 9.79. The van der Waals surface area contributed by atoms with Gasteiger partial charge in [0.15, 0.2) is 0 Å². The van der Waals surface area contributed by atoms with Crippen molar-refractivity contribution in [1.29, 1.82) is 0 Å². The van der Waals surface area contributed by atoms with Gasteiger partial charge in [-0.3, -0.25) is 4.48 Å². The number of hydrogen-bond donors (Lipinski definition) is 0. The molecule has 0 radical (unpaired) electrons. The molecule has 0 aromatic heterocycles. The lowest BCUT2D eigenvalue weighted by molar-refractivity contribution is -0.870. The van der Waals surface area contributed by atoms with Crippen LogP contribution in [0.15, 0.2) is 0 Å². The van der Waals surface area contributed by atoms with Crippen LogP contribution < -0.4 is 5.11 Å². The molecule has 0 aliphatic carbocycles. The van der Waals surface area contributed by atoms with Gasteiger partial charge in [0.05, 0.1) is 13.1 Å². The zero-order valence-electron chi connectivity index (χ0n) is 9.79. The van der Waals surface area contributed by atoms with Crippen LogP contribution in [0.1, 0.15) is 39.5 Å². The molecule has 1 amide bonds. The van der Waals surface area contributed by atoms with Crippen LogP contribution >= 0.6 is 0 Å². The highest BCUT2D eigenvalue weighted by Gasteiger charge is 2.27. The molecule has 3 heteroatoms. The summed E-state index contributed by atoms with van der Waals surface area (Å²) >= 11 is 0. The fourth-order valence-corrected chi connectivity index (χ4v) is 1.61. The van der Waals surface area contributed by atoms with Crippen molar-refractivity contribution in [2.24, 2.45) is 0 Å². The molecule has 0 atom stereocenters. The Kier molecular flexibility index (Phi) is 6.81. The third kappa shape index (κ3) is 4.35. The second-order valence-corrected chi connectivity index (χ2v) is 3.93. The van der Waals surface area contributed by atoms with Crippen LogP contribution in [0.4, 0.5) is 4.79 Å². The SMILES string of the molecule is C#CC[N+](CCCC)(CCCC)C(=O)[O-]. The predicted octanol–water partition coefficient (Wildman–Crippen LogP) is 1.38. The minimum atomic E-state index is -1.03. The molecule has 15 heavy (non-hydrogen) atoms. The molecule has 0 bridgehead atoms. The molecule has 0 N–H and O–H groups in total. The molecule has 0 aromatic carbocycles. The van der Waals surface area contributed by atoms with Crippen LogP contribution in [0.5, 0.6) is 0 Å². The van der Waals surface area contributed by atoms with E-state index in [1.807, 2.05) is 13.8 Å². The maximum atomic E-state index is 11.2. The van der Waals surface area contributed by atoms with E-state index in [-0.39, 0.29) is 11.0 Å². The van der Waals surface area contributed by atoms with E-state index in [9.17, 15) is 9.90 Å². The molecule has 0 aromatic rings. The number of amides is 1. The molecular formula is C12H21NO2. The number of carbonyl (C=O) groups excluding carboxylic acids is 1. The third-order valence-electron chi connectivity index (χ3n) is 2.66. The number of unbranched alkanes of at least 4 members (excludes halogenated alkanes) is 2. The quantitative estimate of drug-likeness (QED) is 0.471. The van der Waals surface area contributed by atoms with Gasteiger partial charge in [-0.15, -0.1) is 6.42 Å². The second-order valence-electron chi connectivity index (χ2n) is 3.93. The van der Waals surface area contributed by atoms with Crippen molar-refractivity contribution < 1.29 is 14.4 Å². The van der Waals surface area contributed by atoms with Gasteiger partial charge in [0.2, 0.25) is 0 Å². The largest absolute Gasteiger partial charge is 0.498 e. The maximum absolute atomic E-state index is 11.2. The first-order chi connectivity index (χ1) is 7.13. The Morgan fingerprint density at radius 1 is 1.27 bits per heavy atom. The minimum Gasteiger partial charge on any atom is -0.498 e. The van der Waals surface area contributed by atoms with E-state index in [4.69, 9.17) is 6.42 Å². The first-order valence-corrected chi connectivity index (χ1v) is 5.64. The lowest BCUT2D eigenvalue weighted by Gasteiger charge is -2.36. The highest BCUT2D eigenvalue weighted by molar-refractivity contribution is 5.54. The Morgan fingerprint density at radius 3 is 2.00 bits per heavy atom. The molecule has 0 aliphatic heterocycles. The van der Waals surface area contributed by atoms with E-state index in [2.05, 4.69) is 5.92 Å². The molecule has 0 aliphatic rings. The highest BCUT2D eigenvalue weighted by atomic mass is 16.4. The monoisotopic (exact) mass is 211 g/mol. The predicted molar refractivity (Wildman–Crippen MR) is 58.9 cm³/mol. The fourth-order valence-electron chi connectivity index (χ4n) is 1.61. The Bertz CT molecular complexity index is 222. The highest BCUT2D eigenvalue weighted by Crippen LogP contribution is 2.11. The van der Waals surface area contributed by atoms with Crippen molar-refractivity contribution in [3.63, 3.8) is 0 Å². The van der Waals surface area contributed by atoms with Gasteiger partial charge < -0.3 is 9.90 Å². The lowest BCUT2D eigenvalue weighted by Crippen LogP contribution is -2.59. The first kappa shape index (κ1) is 14.0. The van der Waals surface area contributed by atoms with Crippen molar-refractivity contribution in [2.75, 3.05) is 19.6 Å². The van der Waals surface area contributed by atoms with Crippen molar-refractivity contribution in [1.82, 2.24) is 0 Å². The number of nitrogens with zero attached hydrogens (tertiary/aromatic N) is 1. The molecule has 0 unspecified atom stereocenters. The average molecular weight is 211 g/mol. The van der Waals surface area contributed by atoms with Crippen molar-refractivity contribution in [3.05, 3.63) is 0 Å². The van der Waals surface area contributed by atoms with Gasteiger partial charge in [-0.2, -0.15) is 0 Å². The lowest BCUT2D eigenvalue weighted by atomic mass is 10.2. The molecule has 0 heterocycles. The molecule has 0 saturated carbocycles. The van der Waals surface area contributed by atoms with E-state index in [1.54, 1.807) is 0 Å². The van der Waals surface area contributed by atoms with E-state index in [1.165, 1.54) is 0 Å². The molecule has 0 rings (SSSR count). The van der Waals surface area contributed by atoms with Gasteiger partial charge in [-0.1, -0.05) is 26.7 Å². The summed E-state index contributed by atoms with van der Waals surface area (Å²) in [5.74, 6) is 2.46. The normalized spacial score (nSPS) is 11.0. The van der Waals surface area contributed by atoms with Crippen molar-refractivity contribution in [2.45, 2.75) is 39.5 Å². The van der Waals surface area contributed by atoms with Crippen LogP contribution in [0.25, 0.3) is 0 Å². The summed E-state index contributed by atoms with van der Waals surface area (Å²) in [6.07, 6.45) is 7.91. The summed E-state index contributed by atoms with van der Waals surface area (Å²) in [7, 11) is 0. The van der Waals surface area contributed by atoms with Crippen LogP contribution in [-0.2, 0) is 0 Å². The van der Waals surface area contributed by atoms with Gasteiger partial charge in [0.25, 0.3) is 6.09 Å². The first-order valence-electron chi connectivity index (χ1n) is 5.64. The Labute approximate surface area is 92.7 Å². The van der Waals surface area contributed by atoms with E-state index >= 15 is 0 Å². The summed E-state index contributed by atoms with van der Waals surface area (Å²) in [5, 5.41) is 11.2. The van der Waals surface area contributed by atoms with Gasteiger partial charge >= 0.3 is 0 Å². The maximum Gasteiger partial charge on any atom is 0.258 e. The topological polar surface area (TPSA) is 40.1 Å². The molecule has 3 nitrogen and oxygen atoms in total. The smallest absolute Gasteiger partial charge is 0.258 e. The number of hydrogen-bond acceptors (Lipinski definition) is 2. The number of carbonyl (C=O) groups is 1. The van der Waals surface area contributed by atoms with Crippen LogP contribution in [0.3, 0.4) is 0 Å². The average Bonchev–Trinajstić information content (AvgIpc) is 2.22. The molecule has 86 valence electrons. The van der Waals surface area contributed by atoms with E-state index < -0.39 is 6.09 Å². The number of rotatable bonds is 7. The Hall–Kier alpha value is -1.01. The van der Waals surface area contributed by atoms with Gasteiger partial charge in [0, 0.05) is 0 Å². The van der Waals surface area contributed by atoms with Gasteiger partial charge in [-0.05, 0) is 18.8 Å². The van der Waals surface area contributed by atoms with Gasteiger partial charge in [-0.25, -0.2) is 0 Å². The van der Waals surface area contributed by atoms with Crippen molar-refractivity contribution in [3.8, 4) is 12.3 Å². The Morgan fingerprint density at radius 2 is 1.73 bits per heavy atom. The molecule has 0 saturated heterocycles. The van der Waals surface area contributed by atoms with E-state index in [0.717, 1.165) is 25.7 Å². The Balaban J connectivity index is 4.58. The molecule has 0 spiro atoms. The summed E-state index contributed by atoms with van der Waals surface area (Å²) in [6, 6.07) is 0. The van der Waals surface area contributed by atoms with Crippen LogP contribution in [-0.4, -0.2) is 30.2 Å². The molecule has 0 fully saturated rings. The molecular weight excluding hydrogens is 190 g/mol. The van der Waals surface area contributed by atoms with Crippen LogP contribution in [0.2, 0.25) is 0 Å². The van der Waals surface area contributed by atoms with Gasteiger partial charge in [0.1, 0.15) is 6.54 Å². The van der Waals surface area contributed by atoms with E-state index in [0.29, 0.717) is 13.1 Å². The third-order valence-corrected chi connectivity index (χ3v) is 2.66. The zero-order chi connectivity index (χ0) is 11.7. The summed E-state index contributed by atoms with van der Waals surface area (Å²) in [6.45, 7) is 5.49. The standard InChI is InChI=1S/C12H21NO2/c1-4-7-10-13(9-6-3,12(14)15)11-8-5-2/h3H,4-5,7-11H2,1-2H3. The number of quaternary nitrogens is 1. The summed E-state index contributed by atoms with van der Waals surface area (Å²) < 4.78 is -0.0713. The minimum absolute atomic E-state index is 0.0713.